The van der Waals surface area contributed by atoms with Gasteiger partial charge in [0.25, 0.3) is 5.91 Å². The lowest BCUT2D eigenvalue weighted by Gasteiger charge is -2.27. The highest BCUT2D eigenvalue weighted by Gasteiger charge is 2.51. The number of alkyl halides is 6. The number of aryl methyl sites for hydroxylation is 1. The summed E-state index contributed by atoms with van der Waals surface area (Å²) in [6.07, 6.45) is -12.2. The van der Waals surface area contributed by atoms with Crippen LogP contribution in [-0.2, 0) is 4.74 Å². The van der Waals surface area contributed by atoms with Crippen LogP contribution in [0.15, 0.2) is 22.8 Å². The van der Waals surface area contributed by atoms with E-state index in [1.807, 2.05) is 0 Å². The number of aromatic nitrogens is 4. The van der Waals surface area contributed by atoms with E-state index in [-0.39, 0.29) is 28.6 Å². The summed E-state index contributed by atoms with van der Waals surface area (Å²) in [6.45, 7) is 0.444. The Labute approximate surface area is 237 Å². The minimum Gasteiger partial charge on any atom is -0.364 e. The summed E-state index contributed by atoms with van der Waals surface area (Å²) in [4.78, 5) is 33.6. The summed E-state index contributed by atoms with van der Waals surface area (Å²) < 4.78 is 107. The Morgan fingerprint density at radius 2 is 1.93 bits per heavy atom. The SMILES string of the molecule is [2H]C1([2H])[C@H](C(F)(F)F)NC(=O)N1[C@@H](c1ccc2[nH]c([C@@H](NC(=O)c3nonc3C)[C@@H](C)O[C@@H](C)C(F)(F)F)nc2c1)C1CC1. The zero-order valence-corrected chi connectivity index (χ0v) is 22.3. The number of imidazole rings is 1. The predicted octanol–water partition coefficient (Wildman–Crippen LogP) is 4.49. The van der Waals surface area contributed by atoms with Crippen LogP contribution in [0.1, 0.15) is 69.1 Å². The number of carbonyl (C=O) groups is 2. The lowest BCUT2D eigenvalue weighted by molar-refractivity contribution is -0.227. The molecule has 0 spiro atoms. The number of ether oxygens (including phenoxy) is 1. The first kappa shape index (κ1) is 27.0. The van der Waals surface area contributed by atoms with Crippen molar-refractivity contribution >= 4 is 23.0 Å². The molecule has 1 saturated carbocycles. The van der Waals surface area contributed by atoms with E-state index in [4.69, 9.17) is 7.48 Å². The van der Waals surface area contributed by atoms with Crippen LogP contribution in [0.25, 0.3) is 11.0 Å². The third-order valence-corrected chi connectivity index (χ3v) is 7.09. The fourth-order valence-electron chi connectivity index (χ4n) is 4.74. The van der Waals surface area contributed by atoms with Gasteiger partial charge in [0, 0.05) is 0 Å². The highest BCUT2D eigenvalue weighted by molar-refractivity contribution is 5.93. The number of amides is 3. The van der Waals surface area contributed by atoms with Crippen LogP contribution >= 0.6 is 0 Å². The Morgan fingerprint density at radius 1 is 1.21 bits per heavy atom. The molecule has 42 heavy (non-hydrogen) atoms. The molecule has 3 N–H and O–H groups in total. The largest absolute Gasteiger partial charge is 0.414 e. The van der Waals surface area contributed by atoms with E-state index in [0.717, 1.165) is 6.92 Å². The maximum atomic E-state index is 13.6. The Hall–Kier alpha value is -3.89. The minimum atomic E-state index is -5.04. The number of hydrogen-bond acceptors (Lipinski definition) is 7. The monoisotopic (exact) mass is 605 g/mol. The second-order valence-corrected chi connectivity index (χ2v) is 10.3. The first-order chi connectivity index (χ1) is 20.4. The van der Waals surface area contributed by atoms with Gasteiger partial charge in [-0.2, -0.15) is 26.3 Å². The highest BCUT2D eigenvalue weighted by atomic mass is 19.4. The Bertz CT molecular complexity index is 1560. The second-order valence-electron chi connectivity index (χ2n) is 10.3. The molecule has 1 aromatic carbocycles. The van der Waals surface area contributed by atoms with Gasteiger partial charge in [0.05, 0.1) is 32.4 Å². The van der Waals surface area contributed by atoms with Gasteiger partial charge in [-0.05, 0) is 62.4 Å². The molecule has 1 saturated heterocycles. The smallest absolute Gasteiger partial charge is 0.364 e. The first-order valence-electron chi connectivity index (χ1n) is 13.9. The molecule has 3 aromatic rings. The molecule has 3 heterocycles. The molecule has 0 radical (unpaired) electrons. The van der Waals surface area contributed by atoms with Crippen molar-refractivity contribution in [3.8, 4) is 0 Å². The van der Waals surface area contributed by atoms with Crippen LogP contribution in [0.5, 0.6) is 0 Å². The quantitative estimate of drug-likeness (QED) is 0.306. The van der Waals surface area contributed by atoms with Gasteiger partial charge < -0.3 is 25.3 Å². The van der Waals surface area contributed by atoms with Crippen LogP contribution in [-0.4, -0.2) is 74.2 Å². The third-order valence-electron chi connectivity index (χ3n) is 7.09. The van der Waals surface area contributed by atoms with E-state index >= 15 is 0 Å². The number of carbonyl (C=O) groups excluding carboxylic acids is 2. The third kappa shape index (κ3) is 6.00. The molecule has 17 heteroatoms. The maximum Gasteiger partial charge on any atom is 0.414 e. The van der Waals surface area contributed by atoms with Crippen molar-refractivity contribution in [2.75, 3.05) is 6.50 Å². The summed E-state index contributed by atoms with van der Waals surface area (Å²) >= 11 is 0. The first-order valence-corrected chi connectivity index (χ1v) is 12.9. The lowest BCUT2D eigenvalue weighted by atomic mass is 10.00. The van der Waals surface area contributed by atoms with Gasteiger partial charge in [-0.15, -0.1) is 0 Å². The number of nitrogens with one attached hydrogen (secondary N) is 3. The van der Waals surface area contributed by atoms with E-state index < -0.39 is 61.1 Å². The number of fused-ring (bicyclic) bond motifs is 1. The number of nitrogens with zero attached hydrogens (tertiary/aromatic N) is 4. The summed E-state index contributed by atoms with van der Waals surface area (Å²) in [5.41, 5.74) is 0.754. The van der Waals surface area contributed by atoms with Gasteiger partial charge in [-0.25, -0.2) is 14.4 Å². The maximum absolute atomic E-state index is 13.6. The summed E-state index contributed by atoms with van der Waals surface area (Å²) in [7, 11) is 0. The molecular weight excluding hydrogens is 576 g/mol. The Balaban J connectivity index is 1.50. The van der Waals surface area contributed by atoms with E-state index in [0.29, 0.717) is 28.8 Å². The van der Waals surface area contributed by atoms with Gasteiger partial charge >= 0.3 is 18.4 Å². The number of aromatic amines is 1. The van der Waals surface area contributed by atoms with Gasteiger partial charge in [-0.1, -0.05) is 11.2 Å². The molecular formula is C25H27F6N7O4. The number of urea groups is 1. The van der Waals surface area contributed by atoms with Crippen molar-refractivity contribution in [1.29, 1.82) is 0 Å². The van der Waals surface area contributed by atoms with E-state index in [9.17, 15) is 35.9 Å². The molecule has 1 aliphatic carbocycles. The normalized spacial score (nSPS) is 22.7. The zero-order chi connectivity index (χ0) is 32.4. The number of hydrogen-bond donors (Lipinski definition) is 3. The second kappa shape index (κ2) is 10.7. The lowest BCUT2D eigenvalue weighted by Crippen LogP contribution is -2.41. The van der Waals surface area contributed by atoms with Gasteiger partial charge in [0.2, 0.25) is 0 Å². The molecule has 228 valence electrons. The molecule has 0 bridgehead atoms. The van der Waals surface area contributed by atoms with Crippen LogP contribution in [0.2, 0.25) is 0 Å². The summed E-state index contributed by atoms with van der Waals surface area (Å²) in [5.74, 6) is -1.17. The standard InChI is InChI=1S/C25H27F6N7O4/c1-10-18(37-42-36-10)22(39)35-19(11(2)41-12(3)24(26,27)28)21-32-15-7-6-14(8-16(15)33-21)20(13-4-5-13)38-9-17(25(29,30)31)34-23(38)40/h6-8,11-13,17,19-20H,4-5,9H2,1-3H3,(H,32,33)(H,34,40)(H,35,39)/t11-,12+,17-,19+,20-/m1/s1/i9D2. The molecule has 5 atom stereocenters. The van der Waals surface area contributed by atoms with Crippen molar-refractivity contribution in [3.63, 3.8) is 0 Å². The molecule has 3 amide bonds. The van der Waals surface area contributed by atoms with Crippen LogP contribution in [0.3, 0.4) is 0 Å². The Morgan fingerprint density at radius 3 is 2.50 bits per heavy atom. The molecule has 2 aliphatic rings. The van der Waals surface area contributed by atoms with Gasteiger partial charge in [0.1, 0.15) is 23.6 Å². The average molecular weight is 606 g/mol. The number of benzene rings is 1. The fraction of sp³-hybridized carbons (Fsp3) is 0.560. The van der Waals surface area contributed by atoms with Crippen molar-refractivity contribution in [3.05, 3.63) is 41.0 Å². The van der Waals surface area contributed by atoms with E-state index in [1.54, 1.807) is 5.32 Å². The number of H-pyrrole nitrogens is 1. The topological polar surface area (TPSA) is 138 Å². The van der Waals surface area contributed by atoms with Crippen molar-refractivity contribution < 1.29 is 48.0 Å². The molecule has 0 unspecified atom stereocenters. The Kier molecular flexibility index (Phi) is 6.90. The molecule has 5 rings (SSSR count). The van der Waals surface area contributed by atoms with Crippen molar-refractivity contribution in [2.45, 2.75) is 76.3 Å². The van der Waals surface area contributed by atoms with E-state index in [1.165, 1.54) is 32.0 Å². The molecule has 11 nitrogen and oxygen atoms in total. The summed E-state index contributed by atoms with van der Waals surface area (Å²) in [6, 6.07) is -1.84. The zero-order valence-electron chi connectivity index (χ0n) is 24.3. The minimum absolute atomic E-state index is 0.0177. The molecule has 1 aliphatic heterocycles. The van der Waals surface area contributed by atoms with Crippen LogP contribution in [0.4, 0.5) is 31.1 Å². The van der Waals surface area contributed by atoms with Gasteiger partial charge in [-0.3, -0.25) is 4.79 Å². The predicted molar refractivity (Wildman–Crippen MR) is 132 cm³/mol. The van der Waals surface area contributed by atoms with Crippen molar-refractivity contribution in [2.24, 2.45) is 5.92 Å². The van der Waals surface area contributed by atoms with Crippen molar-refractivity contribution in [1.82, 2.24) is 35.8 Å². The van der Waals surface area contributed by atoms with Gasteiger partial charge in [0.15, 0.2) is 11.8 Å². The average Bonchev–Trinajstić information content (AvgIpc) is 3.42. The van der Waals surface area contributed by atoms with E-state index in [2.05, 4.69) is 30.2 Å². The highest BCUT2D eigenvalue weighted by Crippen LogP contribution is 2.46. The number of halogens is 6. The molecule has 2 fully saturated rings. The van der Waals surface area contributed by atoms with Crippen LogP contribution < -0.4 is 10.6 Å². The molecule has 2 aromatic heterocycles. The van der Waals surface area contributed by atoms with Crippen LogP contribution in [0, 0.1) is 12.8 Å². The summed E-state index contributed by atoms with van der Waals surface area (Å²) in [5, 5.41) is 11.3. The fourth-order valence-corrected chi connectivity index (χ4v) is 4.74. The number of rotatable bonds is 9.